The molecule has 0 amide bonds. The normalized spacial score (nSPS) is 20.0. The van der Waals surface area contributed by atoms with Crippen LogP contribution in [-0.4, -0.2) is 52.1 Å². The number of fused-ring (bicyclic) bond motifs is 1. The number of imidazole rings is 1. The van der Waals surface area contributed by atoms with Crippen molar-refractivity contribution in [2.45, 2.75) is 32.2 Å². The first-order chi connectivity index (χ1) is 14.7. The van der Waals surface area contributed by atoms with Crippen LogP contribution in [0.25, 0.3) is 17.0 Å². The Morgan fingerprint density at radius 2 is 2.10 bits per heavy atom. The predicted molar refractivity (Wildman–Crippen MR) is 110 cm³/mol. The smallest absolute Gasteiger partial charge is 0.282 e. The fourth-order valence-electron chi connectivity index (χ4n) is 3.86. The molecule has 0 aliphatic carbocycles. The van der Waals surface area contributed by atoms with E-state index in [9.17, 15) is 17.2 Å². The molecule has 166 valence electrons. The first kappa shape index (κ1) is 21.5. The van der Waals surface area contributed by atoms with Crippen LogP contribution in [0.4, 0.5) is 14.6 Å². The molecule has 31 heavy (non-hydrogen) atoms. The highest BCUT2D eigenvalue weighted by Gasteiger charge is 2.29. The Balaban J connectivity index is 1.63. The molecule has 1 fully saturated rings. The predicted octanol–water partition coefficient (Wildman–Crippen LogP) is 1.52. The Bertz CT molecular complexity index is 1190. The highest BCUT2D eigenvalue weighted by Crippen LogP contribution is 2.29. The highest BCUT2D eigenvalue weighted by atomic mass is 32.2. The zero-order valence-corrected chi connectivity index (χ0v) is 17.5. The molecule has 0 aromatic carbocycles. The molecule has 0 saturated carbocycles. The number of alkyl halides is 2. The van der Waals surface area contributed by atoms with Crippen molar-refractivity contribution in [3.63, 3.8) is 0 Å². The van der Waals surface area contributed by atoms with Gasteiger partial charge in [-0.3, -0.25) is 0 Å². The van der Waals surface area contributed by atoms with Gasteiger partial charge in [-0.25, -0.2) is 38.1 Å². The van der Waals surface area contributed by atoms with Gasteiger partial charge in [0.1, 0.15) is 23.5 Å². The standard InChI is InChI=1S/C18H22F2N8O2S/c1-11-12(8-25-31(21,29)30)3-2-6-27(11)17-7-14(23-10-24-17)15-9-22-16-5-4-13(18(19)20)26-28(15)16/h4-5,7,9-12,18,25H,2-3,6,8H2,1H3,(H2,21,29,30). The molecule has 13 heteroatoms. The molecule has 1 aliphatic heterocycles. The third-order valence-electron chi connectivity index (χ3n) is 5.51. The highest BCUT2D eigenvalue weighted by molar-refractivity contribution is 7.87. The van der Waals surface area contributed by atoms with E-state index in [1.165, 1.54) is 29.2 Å². The van der Waals surface area contributed by atoms with Gasteiger partial charge in [-0.15, -0.1) is 0 Å². The second-order valence-electron chi connectivity index (χ2n) is 7.46. The van der Waals surface area contributed by atoms with Crippen molar-refractivity contribution < 1.29 is 17.2 Å². The summed E-state index contributed by atoms with van der Waals surface area (Å²) in [6.45, 7) is 2.98. The lowest BCUT2D eigenvalue weighted by Crippen LogP contribution is -2.48. The number of aromatic nitrogens is 5. The molecule has 2 unspecified atom stereocenters. The summed E-state index contributed by atoms with van der Waals surface area (Å²) in [6.07, 6.45) is 1.95. The van der Waals surface area contributed by atoms with Gasteiger partial charge in [-0.2, -0.15) is 13.5 Å². The molecular weight excluding hydrogens is 430 g/mol. The molecule has 3 N–H and O–H groups in total. The summed E-state index contributed by atoms with van der Waals surface area (Å²) in [5, 5.41) is 9.04. The molecule has 0 bridgehead atoms. The fraction of sp³-hybridized carbons (Fsp3) is 0.444. The van der Waals surface area contributed by atoms with E-state index in [1.807, 2.05) is 6.92 Å². The van der Waals surface area contributed by atoms with Crippen molar-refractivity contribution in [2.24, 2.45) is 11.1 Å². The Morgan fingerprint density at radius 3 is 2.84 bits per heavy atom. The van der Waals surface area contributed by atoms with Crippen molar-refractivity contribution >= 4 is 21.7 Å². The fourth-order valence-corrected chi connectivity index (χ4v) is 4.31. The number of nitrogens with zero attached hydrogens (tertiary/aromatic N) is 6. The topological polar surface area (TPSA) is 131 Å². The van der Waals surface area contributed by atoms with Gasteiger partial charge in [-0.1, -0.05) is 0 Å². The third kappa shape index (κ3) is 4.62. The van der Waals surface area contributed by atoms with Crippen molar-refractivity contribution in [3.05, 3.63) is 36.4 Å². The second-order valence-corrected chi connectivity index (χ2v) is 8.84. The average Bonchev–Trinajstić information content (AvgIpc) is 3.16. The summed E-state index contributed by atoms with van der Waals surface area (Å²) < 4.78 is 52.4. The molecule has 4 heterocycles. The Kier molecular flexibility index (Phi) is 5.81. The number of hydrogen-bond acceptors (Lipinski definition) is 7. The van der Waals surface area contributed by atoms with Crippen LogP contribution in [0.5, 0.6) is 0 Å². The van der Waals surface area contributed by atoms with Gasteiger partial charge < -0.3 is 4.90 Å². The average molecular weight is 452 g/mol. The van der Waals surface area contributed by atoms with Crippen LogP contribution in [0.1, 0.15) is 31.9 Å². The molecule has 2 atom stereocenters. The molecular formula is C18H22F2N8O2S. The lowest BCUT2D eigenvalue weighted by Gasteiger charge is -2.40. The summed E-state index contributed by atoms with van der Waals surface area (Å²) in [7, 11) is -3.76. The second kappa shape index (κ2) is 8.40. The number of halogens is 2. The van der Waals surface area contributed by atoms with Crippen molar-refractivity contribution in [1.82, 2.24) is 29.3 Å². The minimum atomic E-state index is -3.76. The molecule has 4 rings (SSSR count). The Hall–Kier alpha value is -2.77. The zero-order valence-electron chi connectivity index (χ0n) is 16.7. The summed E-state index contributed by atoms with van der Waals surface area (Å²) in [5.41, 5.74) is 1.04. The molecule has 0 spiro atoms. The van der Waals surface area contributed by atoms with Gasteiger partial charge in [-0.05, 0) is 37.8 Å². The van der Waals surface area contributed by atoms with Crippen LogP contribution in [-0.2, 0) is 10.2 Å². The maximum atomic E-state index is 13.1. The number of rotatable bonds is 6. The molecule has 1 aliphatic rings. The minimum absolute atomic E-state index is 0.00324. The van der Waals surface area contributed by atoms with Crippen LogP contribution >= 0.6 is 0 Å². The summed E-state index contributed by atoms with van der Waals surface area (Å²) in [4.78, 5) is 14.9. The maximum absolute atomic E-state index is 13.1. The Morgan fingerprint density at radius 1 is 1.29 bits per heavy atom. The van der Waals surface area contributed by atoms with Crippen LogP contribution in [0.3, 0.4) is 0 Å². The minimum Gasteiger partial charge on any atom is -0.353 e. The molecule has 10 nitrogen and oxygen atoms in total. The van der Waals surface area contributed by atoms with Gasteiger partial charge in [0, 0.05) is 25.2 Å². The lowest BCUT2D eigenvalue weighted by molar-refractivity contribution is 0.144. The first-order valence-corrected chi connectivity index (χ1v) is 11.3. The summed E-state index contributed by atoms with van der Waals surface area (Å²) >= 11 is 0. The van der Waals surface area contributed by atoms with E-state index >= 15 is 0 Å². The van der Waals surface area contributed by atoms with E-state index in [1.54, 1.807) is 6.07 Å². The zero-order chi connectivity index (χ0) is 22.2. The van der Waals surface area contributed by atoms with E-state index in [-0.39, 0.29) is 24.2 Å². The number of piperidine rings is 1. The number of nitrogens with two attached hydrogens (primary N) is 1. The first-order valence-electron chi connectivity index (χ1n) is 9.72. The summed E-state index contributed by atoms with van der Waals surface area (Å²) in [6, 6.07) is 4.48. The molecule has 3 aromatic heterocycles. The van der Waals surface area contributed by atoms with Crippen LogP contribution in [0.2, 0.25) is 0 Å². The SMILES string of the molecule is CC1C(CNS(N)(=O)=O)CCCN1c1cc(-c2cnc3ccc(C(F)F)nn23)ncn1. The van der Waals surface area contributed by atoms with Crippen LogP contribution < -0.4 is 14.8 Å². The summed E-state index contributed by atoms with van der Waals surface area (Å²) in [5.74, 6) is 0.703. The van der Waals surface area contributed by atoms with Gasteiger partial charge in [0.25, 0.3) is 16.6 Å². The molecule has 0 radical (unpaired) electrons. The van der Waals surface area contributed by atoms with E-state index in [2.05, 4.69) is 29.7 Å². The van der Waals surface area contributed by atoms with Crippen LogP contribution in [0, 0.1) is 5.92 Å². The Labute approximate surface area is 177 Å². The lowest BCUT2D eigenvalue weighted by atomic mass is 9.90. The maximum Gasteiger partial charge on any atom is 0.282 e. The van der Waals surface area contributed by atoms with Gasteiger partial charge in [0.05, 0.1) is 11.9 Å². The largest absolute Gasteiger partial charge is 0.353 e. The monoisotopic (exact) mass is 452 g/mol. The van der Waals surface area contributed by atoms with E-state index < -0.39 is 16.6 Å². The molecule has 3 aromatic rings. The third-order valence-corrected chi connectivity index (χ3v) is 6.08. The molecule has 1 saturated heterocycles. The van der Waals surface area contributed by atoms with E-state index in [0.717, 1.165) is 19.4 Å². The number of nitrogens with one attached hydrogen (secondary N) is 1. The van der Waals surface area contributed by atoms with Crippen molar-refractivity contribution in [3.8, 4) is 11.4 Å². The van der Waals surface area contributed by atoms with E-state index in [0.29, 0.717) is 22.9 Å². The van der Waals surface area contributed by atoms with Gasteiger partial charge >= 0.3 is 0 Å². The van der Waals surface area contributed by atoms with Crippen molar-refractivity contribution in [2.75, 3.05) is 18.0 Å². The number of hydrogen-bond donors (Lipinski definition) is 2. The van der Waals surface area contributed by atoms with E-state index in [4.69, 9.17) is 5.14 Å². The van der Waals surface area contributed by atoms with Crippen LogP contribution in [0.15, 0.2) is 30.7 Å². The van der Waals surface area contributed by atoms with Gasteiger partial charge in [0.2, 0.25) is 0 Å². The quantitative estimate of drug-likeness (QED) is 0.580. The van der Waals surface area contributed by atoms with Crippen molar-refractivity contribution in [1.29, 1.82) is 0 Å². The number of anilines is 1. The van der Waals surface area contributed by atoms with Gasteiger partial charge in [0.15, 0.2) is 5.65 Å².